The van der Waals surface area contributed by atoms with Gasteiger partial charge in [0.15, 0.2) is 6.61 Å². The molecule has 124 valence electrons. The summed E-state index contributed by atoms with van der Waals surface area (Å²) >= 11 is 7.34. The van der Waals surface area contributed by atoms with Crippen LogP contribution < -0.4 is 4.74 Å². The van der Waals surface area contributed by atoms with E-state index in [1.807, 2.05) is 17.5 Å². The second-order valence-corrected chi connectivity index (χ2v) is 6.17. The van der Waals surface area contributed by atoms with Gasteiger partial charge < -0.3 is 14.0 Å². The molecule has 24 heavy (non-hydrogen) atoms. The van der Waals surface area contributed by atoms with Gasteiger partial charge in [0, 0.05) is 22.0 Å². The molecule has 3 rings (SSSR count). The van der Waals surface area contributed by atoms with E-state index in [9.17, 15) is 4.79 Å². The first-order chi connectivity index (χ1) is 11.6. The number of thiazole rings is 1. The first kappa shape index (κ1) is 16.5. The van der Waals surface area contributed by atoms with Crippen molar-refractivity contribution in [3.05, 3.63) is 52.2 Å². The summed E-state index contributed by atoms with van der Waals surface area (Å²) in [5, 5.41) is 6.98. The predicted octanol–water partition coefficient (Wildman–Crippen LogP) is 3.88. The number of esters is 1. The molecule has 0 aliphatic heterocycles. The number of benzene rings is 1. The van der Waals surface area contributed by atoms with Crippen molar-refractivity contribution in [2.75, 3.05) is 6.61 Å². The van der Waals surface area contributed by atoms with Crippen molar-refractivity contribution in [3.63, 3.8) is 0 Å². The number of nitrogens with zero attached hydrogens (tertiary/aromatic N) is 2. The quantitative estimate of drug-likeness (QED) is 0.618. The van der Waals surface area contributed by atoms with Gasteiger partial charge in [-0.15, -0.1) is 11.3 Å². The van der Waals surface area contributed by atoms with Gasteiger partial charge in [-0.05, 0) is 24.2 Å². The summed E-state index contributed by atoms with van der Waals surface area (Å²) in [5.74, 6) is 0.357. The summed E-state index contributed by atoms with van der Waals surface area (Å²) < 4.78 is 15.1. The van der Waals surface area contributed by atoms with E-state index >= 15 is 0 Å². The topological polar surface area (TPSA) is 74.5 Å². The van der Waals surface area contributed by atoms with Gasteiger partial charge in [-0.3, -0.25) is 0 Å². The molecule has 8 heteroatoms. The van der Waals surface area contributed by atoms with E-state index in [0.717, 1.165) is 10.6 Å². The Morgan fingerprint density at radius 3 is 2.83 bits per heavy atom. The Balaban J connectivity index is 1.49. The van der Waals surface area contributed by atoms with E-state index in [-0.39, 0.29) is 19.1 Å². The molecular weight excluding hydrogens is 352 g/mol. The van der Waals surface area contributed by atoms with E-state index in [2.05, 4.69) is 10.1 Å². The van der Waals surface area contributed by atoms with Gasteiger partial charge in [0.2, 0.25) is 0 Å². The van der Waals surface area contributed by atoms with Crippen molar-refractivity contribution in [3.8, 4) is 16.5 Å². The fraction of sp³-hybridized carbons (Fsp3) is 0.188. The minimum atomic E-state index is -0.503. The summed E-state index contributed by atoms with van der Waals surface area (Å²) in [6, 6.07) is 8.99. The Labute approximate surface area is 147 Å². The van der Waals surface area contributed by atoms with Gasteiger partial charge in [0.25, 0.3) is 5.88 Å². The summed E-state index contributed by atoms with van der Waals surface area (Å²) in [7, 11) is 0. The second kappa shape index (κ2) is 7.46. The second-order valence-electron chi connectivity index (χ2n) is 4.88. The zero-order chi connectivity index (χ0) is 16.9. The maximum Gasteiger partial charge on any atom is 0.344 e. The van der Waals surface area contributed by atoms with Crippen molar-refractivity contribution in [2.24, 2.45) is 0 Å². The van der Waals surface area contributed by atoms with Crippen LogP contribution in [0.15, 0.2) is 40.2 Å². The highest BCUT2D eigenvalue weighted by Crippen LogP contribution is 2.25. The van der Waals surface area contributed by atoms with Crippen molar-refractivity contribution in [1.82, 2.24) is 10.1 Å². The molecule has 0 N–H and O–H groups in total. The zero-order valence-corrected chi connectivity index (χ0v) is 14.3. The average Bonchev–Trinajstić information content (AvgIpc) is 3.21. The molecule has 0 atom stereocenters. The lowest BCUT2D eigenvalue weighted by molar-refractivity contribution is -0.147. The Bertz CT molecular complexity index is 829. The van der Waals surface area contributed by atoms with Gasteiger partial charge in [0.1, 0.15) is 17.4 Å². The normalized spacial score (nSPS) is 10.6. The largest absolute Gasteiger partial charge is 0.463 e. The monoisotopic (exact) mass is 364 g/mol. The third-order valence-corrected chi connectivity index (χ3v) is 4.16. The predicted molar refractivity (Wildman–Crippen MR) is 89.1 cm³/mol. The highest BCUT2D eigenvalue weighted by Gasteiger charge is 2.10. The lowest BCUT2D eigenvalue weighted by atomic mass is 10.2. The Hall–Kier alpha value is -2.38. The van der Waals surface area contributed by atoms with Crippen LogP contribution in [0.2, 0.25) is 5.02 Å². The molecule has 0 bridgehead atoms. The van der Waals surface area contributed by atoms with E-state index in [1.165, 1.54) is 11.3 Å². The van der Waals surface area contributed by atoms with Crippen molar-refractivity contribution < 1.29 is 18.8 Å². The third-order valence-electron chi connectivity index (χ3n) is 2.97. The molecule has 0 aliphatic carbocycles. The number of hydrogen-bond acceptors (Lipinski definition) is 7. The zero-order valence-electron chi connectivity index (χ0n) is 12.7. The molecule has 2 heterocycles. The fourth-order valence-electron chi connectivity index (χ4n) is 1.84. The van der Waals surface area contributed by atoms with Crippen LogP contribution in [-0.2, 0) is 16.1 Å². The summed E-state index contributed by atoms with van der Waals surface area (Å²) in [6.45, 7) is 1.59. The maximum atomic E-state index is 11.7. The molecule has 0 amide bonds. The highest BCUT2D eigenvalue weighted by atomic mass is 35.5. The highest BCUT2D eigenvalue weighted by molar-refractivity contribution is 7.13. The van der Waals surface area contributed by atoms with Crippen LogP contribution in [0.4, 0.5) is 0 Å². The standard InChI is InChI=1S/C16H13ClN2O4S/c1-10-6-14(19-23-10)21-8-15(20)22-7-13-9-24-16(18-13)11-2-4-12(17)5-3-11/h2-6,9H,7-8H2,1H3. The summed E-state index contributed by atoms with van der Waals surface area (Å²) in [6.07, 6.45) is 0. The lowest BCUT2D eigenvalue weighted by Crippen LogP contribution is -2.14. The van der Waals surface area contributed by atoms with Gasteiger partial charge in [-0.2, -0.15) is 0 Å². The van der Waals surface area contributed by atoms with Gasteiger partial charge in [0.05, 0.1) is 5.69 Å². The van der Waals surface area contributed by atoms with E-state index < -0.39 is 5.97 Å². The van der Waals surface area contributed by atoms with E-state index in [4.69, 9.17) is 25.6 Å². The number of ether oxygens (including phenoxy) is 2. The SMILES string of the molecule is Cc1cc(OCC(=O)OCc2csc(-c3ccc(Cl)cc3)n2)no1. The average molecular weight is 365 g/mol. The number of aromatic nitrogens is 2. The van der Waals surface area contributed by atoms with Crippen LogP contribution >= 0.6 is 22.9 Å². The van der Waals surface area contributed by atoms with Crippen LogP contribution in [0.5, 0.6) is 5.88 Å². The van der Waals surface area contributed by atoms with Crippen molar-refractivity contribution in [1.29, 1.82) is 0 Å². The molecule has 1 aromatic carbocycles. The molecule has 0 radical (unpaired) electrons. The van der Waals surface area contributed by atoms with Crippen LogP contribution in [0.3, 0.4) is 0 Å². The molecule has 0 saturated heterocycles. The first-order valence-corrected chi connectivity index (χ1v) is 8.28. The summed E-state index contributed by atoms with van der Waals surface area (Å²) in [5.41, 5.74) is 1.64. The molecular formula is C16H13ClN2O4S. The molecule has 0 fully saturated rings. The van der Waals surface area contributed by atoms with Crippen LogP contribution in [0, 0.1) is 6.92 Å². The van der Waals surface area contributed by atoms with Crippen LogP contribution in [-0.4, -0.2) is 22.7 Å². The summed E-state index contributed by atoms with van der Waals surface area (Å²) in [4.78, 5) is 16.1. The lowest BCUT2D eigenvalue weighted by Gasteiger charge is -2.03. The minimum Gasteiger partial charge on any atom is -0.463 e. The first-order valence-electron chi connectivity index (χ1n) is 7.02. The molecule has 0 unspecified atom stereocenters. The van der Waals surface area contributed by atoms with Crippen molar-refractivity contribution >= 4 is 28.9 Å². The smallest absolute Gasteiger partial charge is 0.344 e. The number of halogens is 1. The number of carbonyl (C=O) groups is 1. The molecule has 6 nitrogen and oxygen atoms in total. The molecule has 2 aromatic heterocycles. The molecule has 0 saturated carbocycles. The number of aryl methyl sites for hydroxylation is 1. The van der Waals surface area contributed by atoms with E-state index in [0.29, 0.717) is 16.5 Å². The Morgan fingerprint density at radius 2 is 2.12 bits per heavy atom. The van der Waals surface area contributed by atoms with Crippen LogP contribution in [0.1, 0.15) is 11.5 Å². The van der Waals surface area contributed by atoms with Gasteiger partial charge in [-0.25, -0.2) is 9.78 Å². The maximum absolute atomic E-state index is 11.7. The van der Waals surface area contributed by atoms with Crippen LogP contribution in [0.25, 0.3) is 10.6 Å². The molecule has 0 spiro atoms. The van der Waals surface area contributed by atoms with E-state index in [1.54, 1.807) is 25.1 Å². The minimum absolute atomic E-state index is 0.0874. The number of hydrogen-bond donors (Lipinski definition) is 0. The molecule has 0 aliphatic rings. The van der Waals surface area contributed by atoms with Crippen molar-refractivity contribution in [2.45, 2.75) is 13.5 Å². The number of carbonyl (C=O) groups excluding carboxylic acids is 1. The van der Waals surface area contributed by atoms with Gasteiger partial charge >= 0.3 is 5.97 Å². The fourth-order valence-corrected chi connectivity index (χ4v) is 2.78. The Morgan fingerprint density at radius 1 is 1.33 bits per heavy atom. The number of rotatable bonds is 6. The Kier molecular flexibility index (Phi) is 5.12. The molecule has 3 aromatic rings. The van der Waals surface area contributed by atoms with Gasteiger partial charge in [-0.1, -0.05) is 23.7 Å². The third kappa shape index (κ3) is 4.33.